The summed E-state index contributed by atoms with van der Waals surface area (Å²) < 4.78 is 0. The van der Waals surface area contributed by atoms with Crippen LogP contribution < -0.4 is 34.7 Å². The number of Topliss-reactive ketones (excluding diaryl/α,β-unsaturated/α-hetero) is 1. The van der Waals surface area contributed by atoms with Gasteiger partial charge in [0.1, 0.15) is 5.78 Å². The molecule has 0 saturated heterocycles. The van der Waals surface area contributed by atoms with Crippen molar-refractivity contribution in [2.24, 2.45) is 0 Å². The van der Waals surface area contributed by atoms with Crippen LogP contribution in [0.4, 0.5) is 0 Å². The third kappa shape index (κ3) is 14.1. The SMILES string of the molecule is CCCCCC(=O)CCCCC(=O)[O-].[Na+]. The van der Waals surface area contributed by atoms with Crippen molar-refractivity contribution in [3.8, 4) is 0 Å². The van der Waals surface area contributed by atoms with Crippen LogP contribution in [0.2, 0.25) is 0 Å². The zero-order chi connectivity index (χ0) is 10.8. The summed E-state index contributed by atoms with van der Waals surface area (Å²) >= 11 is 0. The van der Waals surface area contributed by atoms with E-state index >= 15 is 0 Å². The smallest absolute Gasteiger partial charge is 0.550 e. The first kappa shape index (κ1) is 17.5. The van der Waals surface area contributed by atoms with Gasteiger partial charge in [-0.2, -0.15) is 0 Å². The number of hydrogen-bond acceptors (Lipinski definition) is 3. The van der Waals surface area contributed by atoms with Crippen molar-refractivity contribution < 1.29 is 44.3 Å². The van der Waals surface area contributed by atoms with E-state index in [1.54, 1.807) is 0 Å². The summed E-state index contributed by atoms with van der Waals surface area (Å²) in [4.78, 5) is 21.3. The fourth-order valence-corrected chi connectivity index (χ4v) is 1.29. The number of carbonyl (C=O) groups excluding carboxylic acids is 2. The molecule has 0 fully saturated rings. The Kier molecular flexibility index (Phi) is 14.3. The second-order valence-corrected chi connectivity index (χ2v) is 3.57. The molecule has 0 amide bonds. The average molecular weight is 222 g/mol. The monoisotopic (exact) mass is 222 g/mol. The summed E-state index contributed by atoms with van der Waals surface area (Å²) in [5.41, 5.74) is 0. The standard InChI is InChI=1S/C11H20O3.Na/c1-2-3-4-7-10(12)8-5-6-9-11(13)14;/h2-9H2,1H3,(H,13,14);/q;+1/p-1. The topological polar surface area (TPSA) is 57.2 Å². The predicted molar refractivity (Wildman–Crippen MR) is 52.6 cm³/mol. The van der Waals surface area contributed by atoms with Gasteiger partial charge in [0.15, 0.2) is 0 Å². The third-order valence-electron chi connectivity index (χ3n) is 2.15. The van der Waals surface area contributed by atoms with Crippen molar-refractivity contribution in [3.63, 3.8) is 0 Å². The molecule has 0 aliphatic rings. The Bertz CT molecular complexity index is 181. The van der Waals surface area contributed by atoms with Crippen LogP contribution in [-0.4, -0.2) is 11.8 Å². The second-order valence-electron chi connectivity index (χ2n) is 3.57. The number of aliphatic carboxylic acids is 1. The van der Waals surface area contributed by atoms with Gasteiger partial charge in [0.25, 0.3) is 0 Å². The summed E-state index contributed by atoms with van der Waals surface area (Å²) in [6.07, 6.45) is 5.68. The van der Waals surface area contributed by atoms with Gasteiger partial charge in [-0.05, 0) is 25.7 Å². The van der Waals surface area contributed by atoms with E-state index in [2.05, 4.69) is 6.92 Å². The molecule has 0 N–H and O–H groups in total. The Morgan fingerprint density at radius 3 is 1.87 bits per heavy atom. The van der Waals surface area contributed by atoms with Gasteiger partial charge in [-0.15, -0.1) is 0 Å². The molecule has 0 aromatic rings. The van der Waals surface area contributed by atoms with E-state index in [9.17, 15) is 14.7 Å². The van der Waals surface area contributed by atoms with E-state index in [1.807, 2.05) is 0 Å². The maximum Gasteiger partial charge on any atom is 1.00 e. The number of rotatable bonds is 9. The Labute approximate surface area is 114 Å². The zero-order valence-electron chi connectivity index (χ0n) is 9.88. The fourth-order valence-electron chi connectivity index (χ4n) is 1.29. The maximum absolute atomic E-state index is 11.2. The molecule has 0 atom stereocenters. The quantitative estimate of drug-likeness (QED) is 0.350. The summed E-state index contributed by atoms with van der Waals surface area (Å²) in [5.74, 6) is -0.764. The van der Waals surface area contributed by atoms with Crippen LogP contribution in [0, 0.1) is 0 Å². The number of unbranched alkanes of at least 4 members (excludes halogenated alkanes) is 3. The van der Waals surface area contributed by atoms with Gasteiger partial charge in [-0.25, -0.2) is 0 Å². The Balaban J connectivity index is 0. The molecule has 0 rings (SSSR count). The number of carboxylic acid groups (broad SMARTS) is 1. The van der Waals surface area contributed by atoms with Gasteiger partial charge in [0.2, 0.25) is 0 Å². The van der Waals surface area contributed by atoms with Crippen LogP contribution in [0.5, 0.6) is 0 Å². The van der Waals surface area contributed by atoms with Gasteiger partial charge < -0.3 is 9.90 Å². The van der Waals surface area contributed by atoms with Crippen molar-refractivity contribution in [2.45, 2.75) is 58.3 Å². The number of carbonyl (C=O) groups is 2. The molecule has 0 aromatic heterocycles. The van der Waals surface area contributed by atoms with E-state index in [1.165, 1.54) is 0 Å². The van der Waals surface area contributed by atoms with E-state index in [0.717, 1.165) is 19.3 Å². The van der Waals surface area contributed by atoms with Crippen LogP contribution >= 0.6 is 0 Å². The molecule has 3 nitrogen and oxygen atoms in total. The molecule has 0 radical (unpaired) electrons. The molecule has 0 saturated carbocycles. The van der Waals surface area contributed by atoms with Crippen LogP contribution in [-0.2, 0) is 9.59 Å². The van der Waals surface area contributed by atoms with Gasteiger partial charge in [-0.1, -0.05) is 19.8 Å². The van der Waals surface area contributed by atoms with E-state index in [0.29, 0.717) is 25.7 Å². The first-order valence-electron chi connectivity index (χ1n) is 5.38. The molecule has 15 heavy (non-hydrogen) atoms. The number of carboxylic acids is 1. The van der Waals surface area contributed by atoms with Crippen LogP contribution in [0.3, 0.4) is 0 Å². The van der Waals surface area contributed by atoms with Crippen LogP contribution in [0.15, 0.2) is 0 Å². The molecule has 0 aliphatic carbocycles. The van der Waals surface area contributed by atoms with Crippen molar-refractivity contribution in [3.05, 3.63) is 0 Å². The van der Waals surface area contributed by atoms with Gasteiger partial charge in [-0.3, -0.25) is 4.79 Å². The molecule has 0 unspecified atom stereocenters. The first-order valence-corrected chi connectivity index (χ1v) is 5.38. The van der Waals surface area contributed by atoms with Gasteiger partial charge >= 0.3 is 29.6 Å². The summed E-state index contributed by atoms with van der Waals surface area (Å²) in [5, 5.41) is 10.1. The molecule has 0 aromatic carbocycles. The predicted octanol–water partition coefficient (Wildman–Crippen LogP) is -1.55. The number of hydrogen-bond donors (Lipinski definition) is 0. The minimum absolute atomic E-state index is 0. The normalized spacial score (nSPS) is 9.40. The Hall–Kier alpha value is 0.140. The van der Waals surface area contributed by atoms with Crippen LogP contribution in [0.1, 0.15) is 58.3 Å². The zero-order valence-corrected chi connectivity index (χ0v) is 11.9. The third-order valence-corrected chi connectivity index (χ3v) is 2.15. The van der Waals surface area contributed by atoms with Crippen molar-refractivity contribution in [1.29, 1.82) is 0 Å². The van der Waals surface area contributed by atoms with Gasteiger partial charge in [0, 0.05) is 18.8 Å². The minimum atomic E-state index is -1.02. The average Bonchev–Trinajstić information content (AvgIpc) is 2.13. The van der Waals surface area contributed by atoms with E-state index < -0.39 is 5.97 Å². The Morgan fingerprint density at radius 2 is 1.40 bits per heavy atom. The second kappa shape index (κ2) is 12.2. The molecular weight excluding hydrogens is 203 g/mol. The van der Waals surface area contributed by atoms with Crippen molar-refractivity contribution in [1.82, 2.24) is 0 Å². The van der Waals surface area contributed by atoms with Crippen molar-refractivity contribution in [2.75, 3.05) is 0 Å². The van der Waals surface area contributed by atoms with Gasteiger partial charge in [0.05, 0.1) is 0 Å². The number of ketones is 1. The minimum Gasteiger partial charge on any atom is -0.550 e. The molecule has 0 heterocycles. The molecular formula is C11H19NaO3. The van der Waals surface area contributed by atoms with Crippen LogP contribution in [0.25, 0.3) is 0 Å². The van der Waals surface area contributed by atoms with E-state index in [-0.39, 0.29) is 41.8 Å². The summed E-state index contributed by atoms with van der Waals surface area (Å²) in [6, 6.07) is 0. The summed E-state index contributed by atoms with van der Waals surface area (Å²) in [7, 11) is 0. The Morgan fingerprint density at radius 1 is 0.933 bits per heavy atom. The largest absolute Gasteiger partial charge is 1.00 e. The first-order chi connectivity index (χ1) is 6.66. The van der Waals surface area contributed by atoms with E-state index in [4.69, 9.17) is 0 Å². The molecule has 4 heteroatoms. The fraction of sp³-hybridized carbons (Fsp3) is 0.818. The molecule has 0 spiro atoms. The summed E-state index contributed by atoms with van der Waals surface area (Å²) in [6.45, 7) is 2.10. The molecule has 0 bridgehead atoms. The molecule has 0 aliphatic heterocycles. The molecule has 82 valence electrons. The van der Waals surface area contributed by atoms with Crippen molar-refractivity contribution >= 4 is 11.8 Å². The maximum atomic E-state index is 11.2.